The molecular weight excluding hydrogens is 439 g/mol. The molecule has 1 aromatic carbocycles. The van der Waals surface area contributed by atoms with Gasteiger partial charge in [0.05, 0.1) is 5.92 Å². The molecule has 0 bridgehead atoms. The molecule has 180 valence electrons. The fraction of sp³-hybridized carbons (Fsp3) is 0.591. The Kier molecular flexibility index (Phi) is 6.78. The molecule has 0 spiro atoms. The zero-order valence-electron chi connectivity index (χ0n) is 18.6. The number of benzene rings is 1. The van der Waals surface area contributed by atoms with Crippen LogP contribution in [0.4, 0.5) is 18.0 Å². The predicted octanol–water partition coefficient (Wildman–Crippen LogP) is 3.65. The van der Waals surface area contributed by atoms with Crippen molar-refractivity contribution in [1.29, 1.82) is 0 Å². The minimum atomic E-state index is -4.74. The Morgan fingerprint density at radius 1 is 1.12 bits per heavy atom. The van der Waals surface area contributed by atoms with Gasteiger partial charge in [-0.15, -0.1) is 13.2 Å². The second-order valence-electron chi connectivity index (χ2n) is 8.66. The zero-order chi connectivity index (χ0) is 23.6. The van der Waals surface area contributed by atoms with Gasteiger partial charge in [0.2, 0.25) is 5.89 Å². The maximum absolute atomic E-state index is 13.3. The lowest BCUT2D eigenvalue weighted by molar-refractivity contribution is -0.274. The van der Waals surface area contributed by atoms with Crippen molar-refractivity contribution in [3.05, 3.63) is 41.5 Å². The number of ether oxygens (including phenoxy) is 1. The molecule has 4 rings (SSSR count). The molecule has 8 nitrogen and oxygen atoms in total. The SMILES string of the molecule is CNC1CCN(C(=O)N2CC(c3ccc(OC(F)(F)F)cc3)CC(c3nc(C)no3)C2)CC1. The van der Waals surface area contributed by atoms with Crippen molar-refractivity contribution in [3.8, 4) is 5.75 Å². The third kappa shape index (κ3) is 5.76. The molecule has 2 aromatic rings. The lowest BCUT2D eigenvalue weighted by Gasteiger charge is -2.41. The average molecular weight is 467 g/mol. The minimum absolute atomic E-state index is 0.0347. The number of rotatable bonds is 4. The summed E-state index contributed by atoms with van der Waals surface area (Å²) in [4.78, 5) is 21.4. The minimum Gasteiger partial charge on any atom is -0.406 e. The third-order valence-corrected chi connectivity index (χ3v) is 6.37. The monoisotopic (exact) mass is 467 g/mol. The number of piperidine rings is 2. The molecule has 33 heavy (non-hydrogen) atoms. The van der Waals surface area contributed by atoms with E-state index < -0.39 is 6.36 Å². The molecule has 3 heterocycles. The smallest absolute Gasteiger partial charge is 0.406 e. The van der Waals surface area contributed by atoms with E-state index in [-0.39, 0.29) is 23.6 Å². The summed E-state index contributed by atoms with van der Waals surface area (Å²) < 4.78 is 46.9. The van der Waals surface area contributed by atoms with Crippen molar-refractivity contribution in [2.75, 3.05) is 33.2 Å². The van der Waals surface area contributed by atoms with Crippen molar-refractivity contribution in [1.82, 2.24) is 25.3 Å². The van der Waals surface area contributed by atoms with E-state index in [1.54, 1.807) is 24.0 Å². The van der Waals surface area contributed by atoms with E-state index in [4.69, 9.17) is 4.52 Å². The quantitative estimate of drug-likeness (QED) is 0.739. The first-order valence-corrected chi connectivity index (χ1v) is 11.1. The Balaban J connectivity index is 1.52. The van der Waals surface area contributed by atoms with E-state index in [0.29, 0.717) is 50.4 Å². The number of likely N-dealkylation sites (tertiary alicyclic amines) is 2. The fourth-order valence-electron chi connectivity index (χ4n) is 4.66. The van der Waals surface area contributed by atoms with E-state index >= 15 is 0 Å². The van der Waals surface area contributed by atoms with Gasteiger partial charge in [-0.3, -0.25) is 0 Å². The number of nitrogens with zero attached hydrogens (tertiary/aromatic N) is 4. The van der Waals surface area contributed by atoms with Crippen LogP contribution in [0.3, 0.4) is 0 Å². The number of nitrogens with one attached hydrogen (secondary N) is 1. The largest absolute Gasteiger partial charge is 0.573 e. The van der Waals surface area contributed by atoms with Crippen molar-refractivity contribution in [3.63, 3.8) is 0 Å². The van der Waals surface area contributed by atoms with Crippen LogP contribution in [0.5, 0.6) is 5.75 Å². The first-order valence-electron chi connectivity index (χ1n) is 11.1. The molecule has 2 saturated heterocycles. The third-order valence-electron chi connectivity index (χ3n) is 6.37. The number of hydrogen-bond donors (Lipinski definition) is 1. The van der Waals surface area contributed by atoms with Crippen LogP contribution in [-0.4, -0.2) is 71.6 Å². The summed E-state index contributed by atoms with van der Waals surface area (Å²) in [6, 6.07) is 6.22. The van der Waals surface area contributed by atoms with Crippen molar-refractivity contribution in [2.45, 2.75) is 50.4 Å². The highest BCUT2D eigenvalue weighted by Crippen LogP contribution is 2.37. The van der Waals surface area contributed by atoms with Gasteiger partial charge in [0, 0.05) is 38.1 Å². The van der Waals surface area contributed by atoms with Crippen molar-refractivity contribution < 1.29 is 27.2 Å². The van der Waals surface area contributed by atoms with Crippen molar-refractivity contribution in [2.24, 2.45) is 0 Å². The lowest BCUT2D eigenvalue weighted by atomic mass is 9.84. The van der Waals surface area contributed by atoms with Gasteiger partial charge in [0.25, 0.3) is 0 Å². The van der Waals surface area contributed by atoms with Gasteiger partial charge in [0.1, 0.15) is 5.75 Å². The number of urea groups is 1. The fourth-order valence-corrected chi connectivity index (χ4v) is 4.66. The highest BCUT2D eigenvalue weighted by Gasteiger charge is 2.37. The molecule has 2 aliphatic rings. The number of aryl methyl sites for hydroxylation is 1. The van der Waals surface area contributed by atoms with E-state index in [0.717, 1.165) is 18.4 Å². The lowest BCUT2D eigenvalue weighted by Crippen LogP contribution is -2.52. The summed E-state index contributed by atoms with van der Waals surface area (Å²) in [5.74, 6) is 0.477. The van der Waals surface area contributed by atoms with E-state index in [1.807, 2.05) is 11.9 Å². The molecule has 2 atom stereocenters. The zero-order valence-corrected chi connectivity index (χ0v) is 18.6. The standard InChI is InChI=1S/C22H28F3N5O3/c1-14-27-20(33-28-14)17-11-16(15-3-5-19(6-4-15)32-22(23,24)25)12-30(13-17)21(31)29-9-7-18(26-2)8-10-29/h3-6,16-18,26H,7-13H2,1-2H3. The molecule has 0 aliphatic carbocycles. The van der Waals surface area contributed by atoms with Crippen LogP contribution in [0.1, 0.15) is 48.4 Å². The summed E-state index contributed by atoms with van der Waals surface area (Å²) in [5, 5.41) is 7.14. The number of aromatic nitrogens is 2. The van der Waals surface area contributed by atoms with Gasteiger partial charge in [0.15, 0.2) is 5.82 Å². The molecule has 2 unspecified atom stereocenters. The molecule has 11 heteroatoms. The van der Waals surface area contributed by atoms with Gasteiger partial charge >= 0.3 is 12.4 Å². The summed E-state index contributed by atoms with van der Waals surface area (Å²) in [6.45, 7) is 4.02. The number of halogens is 3. The molecule has 1 aromatic heterocycles. The second kappa shape index (κ2) is 9.58. The van der Waals surface area contributed by atoms with Crippen molar-refractivity contribution >= 4 is 6.03 Å². The van der Waals surface area contributed by atoms with Crippen LogP contribution in [0.25, 0.3) is 0 Å². The Morgan fingerprint density at radius 3 is 2.36 bits per heavy atom. The number of hydrogen-bond acceptors (Lipinski definition) is 6. The molecule has 0 radical (unpaired) electrons. The molecular formula is C22H28F3N5O3. The molecule has 2 aliphatic heterocycles. The molecule has 2 amide bonds. The van der Waals surface area contributed by atoms with Crippen LogP contribution in [0.15, 0.2) is 28.8 Å². The van der Waals surface area contributed by atoms with Gasteiger partial charge < -0.3 is 24.4 Å². The molecule has 2 fully saturated rings. The second-order valence-corrected chi connectivity index (χ2v) is 8.66. The van der Waals surface area contributed by atoms with Crippen LogP contribution >= 0.6 is 0 Å². The van der Waals surface area contributed by atoms with Crippen LogP contribution in [0.2, 0.25) is 0 Å². The van der Waals surface area contributed by atoms with Crippen LogP contribution < -0.4 is 10.1 Å². The summed E-state index contributed by atoms with van der Waals surface area (Å²) in [5.41, 5.74) is 0.831. The van der Waals surface area contributed by atoms with E-state index in [9.17, 15) is 18.0 Å². The first-order chi connectivity index (χ1) is 15.7. The highest BCUT2D eigenvalue weighted by atomic mass is 19.4. The molecule has 1 N–H and O–H groups in total. The van der Waals surface area contributed by atoms with Gasteiger partial charge in [-0.25, -0.2) is 4.79 Å². The van der Waals surface area contributed by atoms with Gasteiger partial charge in [-0.2, -0.15) is 4.98 Å². The highest BCUT2D eigenvalue weighted by molar-refractivity contribution is 5.75. The summed E-state index contributed by atoms with van der Waals surface area (Å²) in [7, 11) is 1.93. The molecule has 0 saturated carbocycles. The number of amides is 2. The number of carbonyl (C=O) groups excluding carboxylic acids is 1. The maximum atomic E-state index is 13.3. The number of alkyl halides is 3. The summed E-state index contributed by atoms with van der Waals surface area (Å²) >= 11 is 0. The topological polar surface area (TPSA) is 83.7 Å². The first kappa shape index (κ1) is 23.3. The average Bonchev–Trinajstić information content (AvgIpc) is 3.24. The van der Waals surface area contributed by atoms with E-state index in [2.05, 4.69) is 20.2 Å². The summed E-state index contributed by atoms with van der Waals surface area (Å²) in [6.07, 6.45) is -2.30. The van der Waals surface area contributed by atoms with Crippen LogP contribution in [-0.2, 0) is 0 Å². The van der Waals surface area contributed by atoms with Gasteiger partial charge in [-0.1, -0.05) is 17.3 Å². The maximum Gasteiger partial charge on any atom is 0.573 e. The Labute approximate surface area is 190 Å². The Bertz CT molecular complexity index is 941. The Hall–Kier alpha value is -2.82. The Morgan fingerprint density at radius 2 is 1.79 bits per heavy atom. The normalized spacial score (nSPS) is 22.5. The van der Waals surface area contributed by atoms with E-state index in [1.165, 1.54) is 12.1 Å². The number of carbonyl (C=O) groups is 1. The predicted molar refractivity (Wildman–Crippen MR) is 113 cm³/mol. The van der Waals surface area contributed by atoms with Crippen LogP contribution in [0, 0.1) is 6.92 Å². The van der Waals surface area contributed by atoms with Gasteiger partial charge in [-0.05, 0) is 50.9 Å².